The quantitative estimate of drug-likeness (QED) is 0.747. The smallest absolute Gasteiger partial charge is 0.291 e. The number of carbonyl (C=O) groups is 1. The molecular formula is C14H11BrN2O2. The Kier molecular flexibility index (Phi) is 2.91. The van der Waals surface area contributed by atoms with Crippen LogP contribution >= 0.6 is 15.9 Å². The molecule has 4 nitrogen and oxygen atoms in total. The van der Waals surface area contributed by atoms with Crippen LogP contribution in [-0.2, 0) is 0 Å². The summed E-state index contributed by atoms with van der Waals surface area (Å²) in [5, 5.41) is 3.84. The van der Waals surface area contributed by atoms with E-state index in [1.165, 1.54) is 0 Å². The van der Waals surface area contributed by atoms with Crippen LogP contribution in [0.15, 0.2) is 45.5 Å². The fourth-order valence-electron chi connectivity index (χ4n) is 2.02. The van der Waals surface area contributed by atoms with Gasteiger partial charge >= 0.3 is 0 Å². The number of anilines is 1. The number of hydrogen-bond acceptors (Lipinski definition) is 2. The number of aromatic amines is 1. The summed E-state index contributed by atoms with van der Waals surface area (Å²) in [7, 11) is 0. The van der Waals surface area contributed by atoms with Gasteiger partial charge in [-0.25, -0.2) is 0 Å². The summed E-state index contributed by atoms with van der Waals surface area (Å²) in [5.74, 6) is 0.00758. The average molecular weight is 319 g/mol. The third kappa shape index (κ3) is 2.29. The zero-order valence-corrected chi connectivity index (χ0v) is 11.7. The maximum Gasteiger partial charge on any atom is 0.291 e. The number of amides is 1. The Morgan fingerprint density at radius 2 is 2.16 bits per heavy atom. The number of rotatable bonds is 2. The van der Waals surface area contributed by atoms with Crippen LogP contribution in [0.2, 0.25) is 0 Å². The molecule has 96 valence electrons. The summed E-state index contributed by atoms with van der Waals surface area (Å²) < 4.78 is 5.77. The molecular weight excluding hydrogens is 308 g/mol. The van der Waals surface area contributed by atoms with Gasteiger partial charge in [0.15, 0.2) is 10.4 Å². The number of carbonyl (C=O) groups excluding carboxylic acids is 1. The minimum atomic E-state index is -0.267. The van der Waals surface area contributed by atoms with Gasteiger partial charge in [0.1, 0.15) is 0 Å². The van der Waals surface area contributed by atoms with E-state index in [-0.39, 0.29) is 11.7 Å². The van der Waals surface area contributed by atoms with Crippen LogP contribution in [0.1, 0.15) is 16.2 Å². The number of hydrogen-bond donors (Lipinski definition) is 2. The first-order chi connectivity index (χ1) is 9.13. The van der Waals surface area contributed by atoms with Crippen LogP contribution in [0.4, 0.5) is 5.69 Å². The number of benzene rings is 1. The monoisotopic (exact) mass is 318 g/mol. The van der Waals surface area contributed by atoms with Crippen molar-refractivity contribution in [2.45, 2.75) is 6.92 Å². The highest BCUT2D eigenvalue weighted by Gasteiger charge is 2.12. The van der Waals surface area contributed by atoms with E-state index < -0.39 is 0 Å². The summed E-state index contributed by atoms with van der Waals surface area (Å²) in [6.45, 7) is 1.98. The Morgan fingerprint density at radius 3 is 2.89 bits per heavy atom. The third-order valence-corrected chi connectivity index (χ3v) is 3.27. The van der Waals surface area contributed by atoms with Gasteiger partial charge < -0.3 is 14.7 Å². The van der Waals surface area contributed by atoms with Gasteiger partial charge in [-0.3, -0.25) is 4.79 Å². The van der Waals surface area contributed by atoms with E-state index in [1.54, 1.807) is 12.1 Å². The second-order valence-electron chi connectivity index (χ2n) is 4.28. The van der Waals surface area contributed by atoms with E-state index in [0.29, 0.717) is 4.67 Å². The van der Waals surface area contributed by atoms with Crippen molar-refractivity contribution in [3.8, 4) is 0 Å². The van der Waals surface area contributed by atoms with Crippen molar-refractivity contribution >= 4 is 38.4 Å². The molecule has 1 amide bonds. The van der Waals surface area contributed by atoms with Crippen molar-refractivity contribution in [3.05, 3.63) is 52.5 Å². The van der Waals surface area contributed by atoms with Crippen molar-refractivity contribution in [1.82, 2.24) is 4.98 Å². The predicted molar refractivity (Wildman–Crippen MR) is 77.4 cm³/mol. The molecule has 0 saturated heterocycles. The predicted octanol–water partition coefficient (Wildman–Crippen LogP) is 4.08. The normalized spacial score (nSPS) is 10.8. The fourth-order valence-corrected chi connectivity index (χ4v) is 2.33. The van der Waals surface area contributed by atoms with E-state index in [1.807, 2.05) is 31.2 Å². The molecule has 0 fully saturated rings. The molecule has 0 atom stereocenters. The fraction of sp³-hybridized carbons (Fsp3) is 0.0714. The van der Waals surface area contributed by atoms with Crippen LogP contribution in [0.5, 0.6) is 0 Å². The Bertz CT molecular complexity index is 758. The maximum absolute atomic E-state index is 12.0. The van der Waals surface area contributed by atoms with Crippen LogP contribution in [0.3, 0.4) is 0 Å². The zero-order chi connectivity index (χ0) is 13.4. The molecule has 0 aliphatic rings. The number of nitrogens with one attached hydrogen (secondary N) is 2. The highest BCUT2D eigenvalue weighted by atomic mass is 79.9. The van der Waals surface area contributed by atoms with Crippen LogP contribution in [0, 0.1) is 6.92 Å². The number of H-pyrrole nitrogens is 1. The van der Waals surface area contributed by atoms with Gasteiger partial charge in [-0.1, -0.05) is 6.07 Å². The highest BCUT2D eigenvalue weighted by Crippen LogP contribution is 2.25. The van der Waals surface area contributed by atoms with Crippen LogP contribution in [-0.4, -0.2) is 10.9 Å². The zero-order valence-electron chi connectivity index (χ0n) is 10.2. The Morgan fingerprint density at radius 1 is 1.32 bits per heavy atom. The first-order valence-corrected chi connectivity index (χ1v) is 6.58. The number of aryl methyl sites for hydroxylation is 1. The van der Waals surface area contributed by atoms with E-state index in [9.17, 15) is 4.79 Å². The van der Waals surface area contributed by atoms with Gasteiger partial charge in [-0.05, 0) is 53.2 Å². The molecule has 3 aromatic rings. The first-order valence-electron chi connectivity index (χ1n) is 5.78. The highest BCUT2D eigenvalue weighted by molar-refractivity contribution is 9.10. The summed E-state index contributed by atoms with van der Waals surface area (Å²) in [6.07, 6.45) is 0. The van der Waals surface area contributed by atoms with Gasteiger partial charge in [0, 0.05) is 16.6 Å². The van der Waals surface area contributed by atoms with Crippen LogP contribution in [0.25, 0.3) is 10.9 Å². The molecule has 0 aliphatic heterocycles. The number of fused-ring (bicyclic) bond motifs is 1. The van der Waals surface area contributed by atoms with Crippen molar-refractivity contribution in [2.75, 3.05) is 5.32 Å². The van der Waals surface area contributed by atoms with Crippen molar-refractivity contribution < 1.29 is 9.21 Å². The topological polar surface area (TPSA) is 58.0 Å². The minimum Gasteiger partial charge on any atom is -0.444 e. The van der Waals surface area contributed by atoms with Gasteiger partial charge in [-0.15, -0.1) is 0 Å². The molecule has 0 bridgehead atoms. The number of aromatic nitrogens is 1. The molecule has 0 radical (unpaired) electrons. The summed E-state index contributed by atoms with van der Waals surface area (Å²) >= 11 is 3.18. The lowest BCUT2D eigenvalue weighted by molar-refractivity contribution is 0.0995. The second kappa shape index (κ2) is 4.59. The molecule has 19 heavy (non-hydrogen) atoms. The lowest BCUT2D eigenvalue weighted by Gasteiger charge is -2.04. The van der Waals surface area contributed by atoms with Crippen LogP contribution < -0.4 is 5.32 Å². The van der Waals surface area contributed by atoms with Crippen molar-refractivity contribution in [1.29, 1.82) is 0 Å². The molecule has 0 unspecified atom stereocenters. The molecule has 2 aromatic heterocycles. The number of halogens is 1. The van der Waals surface area contributed by atoms with E-state index in [2.05, 4.69) is 26.2 Å². The van der Waals surface area contributed by atoms with Gasteiger partial charge in [0.25, 0.3) is 5.91 Å². The SMILES string of the molecule is Cc1cc2c(NC(=O)c3ccc(Br)o3)cccc2[nH]1. The van der Waals surface area contributed by atoms with Gasteiger partial charge in [-0.2, -0.15) is 0 Å². The van der Waals surface area contributed by atoms with Gasteiger partial charge in [0.05, 0.1) is 5.69 Å². The van der Waals surface area contributed by atoms with Gasteiger partial charge in [0.2, 0.25) is 0 Å². The van der Waals surface area contributed by atoms with E-state index >= 15 is 0 Å². The van der Waals surface area contributed by atoms with Crippen molar-refractivity contribution in [2.24, 2.45) is 0 Å². The standard InChI is InChI=1S/C14H11BrN2O2/c1-8-7-9-10(16-8)3-2-4-11(9)17-14(18)12-5-6-13(15)19-12/h2-7,16H,1H3,(H,17,18). The Labute approximate surface area is 117 Å². The molecule has 2 N–H and O–H groups in total. The second-order valence-corrected chi connectivity index (χ2v) is 5.06. The minimum absolute atomic E-state index is 0.267. The molecule has 5 heteroatoms. The van der Waals surface area contributed by atoms with E-state index in [0.717, 1.165) is 22.3 Å². The maximum atomic E-state index is 12.0. The first kappa shape index (κ1) is 12.0. The average Bonchev–Trinajstić information content (AvgIpc) is 2.95. The summed E-state index contributed by atoms with van der Waals surface area (Å²) in [4.78, 5) is 15.3. The molecule has 0 saturated carbocycles. The molecule has 0 spiro atoms. The molecule has 1 aromatic carbocycles. The molecule has 2 heterocycles. The summed E-state index contributed by atoms with van der Waals surface area (Å²) in [6, 6.07) is 11.1. The third-order valence-electron chi connectivity index (χ3n) is 2.84. The van der Waals surface area contributed by atoms with Crippen molar-refractivity contribution in [3.63, 3.8) is 0 Å². The molecule has 0 aliphatic carbocycles. The van der Waals surface area contributed by atoms with E-state index in [4.69, 9.17) is 4.42 Å². The Hall–Kier alpha value is -2.01. The molecule has 3 rings (SSSR count). The summed E-state index contributed by atoms with van der Waals surface area (Å²) in [5.41, 5.74) is 2.81. The number of furan rings is 1. The lowest BCUT2D eigenvalue weighted by Crippen LogP contribution is -2.10. The largest absolute Gasteiger partial charge is 0.444 e. The lowest BCUT2D eigenvalue weighted by atomic mass is 10.2. The Balaban J connectivity index is 1.95.